The molecule has 0 radical (unpaired) electrons. The van der Waals surface area contributed by atoms with Crippen molar-refractivity contribution >= 4 is 27.5 Å². The minimum Gasteiger partial charge on any atom is -0.494 e. The van der Waals surface area contributed by atoms with Gasteiger partial charge in [-0.3, -0.25) is 13.9 Å². The maximum absolute atomic E-state index is 13.2. The first-order chi connectivity index (χ1) is 16.6. The van der Waals surface area contributed by atoms with Gasteiger partial charge in [-0.1, -0.05) is 29.8 Å². The summed E-state index contributed by atoms with van der Waals surface area (Å²) in [5, 5.41) is 2.78. The number of hydrogen-bond acceptors (Lipinski definition) is 5. The molecular formula is C26H37N3O5S. The lowest BCUT2D eigenvalue weighted by Gasteiger charge is -2.29. The second-order valence-electron chi connectivity index (χ2n) is 8.45. The van der Waals surface area contributed by atoms with E-state index in [-0.39, 0.29) is 24.8 Å². The number of nitrogens with one attached hydrogen (secondary N) is 1. The van der Waals surface area contributed by atoms with Gasteiger partial charge in [0.15, 0.2) is 0 Å². The third kappa shape index (κ3) is 8.58. The van der Waals surface area contributed by atoms with E-state index in [2.05, 4.69) is 5.32 Å². The second-order valence-corrected chi connectivity index (χ2v) is 10.4. The summed E-state index contributed by atoms with van der Waals surface area (Å²) in [6, 6.07) is 14.0. The van der Waals surface area contributed by atoms with Crippen LogP contribution in [0.1, 0.15) is 44.7 Å². The molecule has 1 atom stereocenters. The Balaban J connectivity index is 2.14. The van der Waals surface area contributed by atoms with Gasteiger partial charge in [0.1, 0.15) is 11.8 Å². The van der Waals surface area contributed by atoms with Crippen LogP contribution in [-0.4, -0.2) is 57.1 Å². The standard InChI is InChI=1S/C26H37N3O5S/c1-6-27-26(31)21(4)28(19-22-11-8-10-20(3)18-22)25(30)12-9-17-29(35(5,32)33)23-13-15-24(16-14-23)34-7-2/h8,10-11,13-16,18,21H,6-7,9,12,17,19H2,1-5H3,(H,27,31)/t21-/m1/s1. The van der Waals surface area contributed by atoms with E-state index in [1.807, 2.05) is 45.0 Å². The highest BCUT2D eigenvalue weighted by Gasteiger charge is 2.26. The summed E-state index contributed by atoms with van der Waals surface area (Å²) >= 11 is 0. The minimum absolute atomic E-state index is 0.110. The fourth-order valence-electron chi connectivity index (χ4n) is 3.79. The molecular weight excluding hydrogens is 466 g/mol. The summed E-state index contributed by atoms with van der Waals surface area (Å²) in [5.41, 5.74) is 2.51. The van der Waals surface area contributed by atoms with E-state index < -0.39 is 16.1 Å². The van der Waals surface area contributed by atoms with E-state index in [4.69, 9.17) is 4.74 Å². The molecule has 2 amide bonds. The number of rotatable bonds is 13. The van der Waals surface area contributed by atoms with Crippen LogP contribution in [-0.2, 0) is 26.2 Å². The molecule has 8 nitrogen and oxygen atoms in total. The molecule has 1 N–H and O–H groups in total. The van der Waals surface area contributed by atoms with Crippen molar-refractivity contribution in [3.63, 3.8) is 0 Å². The van der Waals surface area contributed by atoms with Gasteiger partial charge in [0.05, 0.1) is 18.6 Å². The van der Waals surface area contributed by atoms with Gasteiger partial charge in [0, 0.05) is 26.1 Å². The summed E-state index contributed by atoms with van der Waals surface area (Å²) in [4.78, 5) is 27.3. The number of aryl methyl sites for hydroxylation is 1. The molecule has 0 fully saturated rings. The van der Waals surface area contributed by atoms with Gasteiger partial charge in [0.2, 0.25) is 21.8 Å². The summed E-state index contributed by atoms with van der Waals surface area (Å²) in [6.07, 6.45) is 1.57. The van der Waals surface area contributed by atoms with Gasteiger partial charge in [-0.05, 0) is 63.9 Å². The zero-order chi connectivity index (χ0) is 26.0. The number of sulfonamides is 1. The third-order valence-corrected chi connectivity index (χ3v) is 6.74. The number of carbonyl (C=O) groups is 2. The molecule has 0 aliphatic rings. The molecule has 2 rings (SSSR count). The number of likely N-dealkylation sites (N-methyl/N-ethyl adjacent to an activating group) is 1. The largest absolute Gasteiger partial charge is 0.494 e. The van der Waals surface area contributed by atoms with Crippen molar-refractivity contribution in [3.05, 3.63) is 59.7 Å². The Bertz CT molecular complexity index is 1090. The van der Waals surface area contributed by atoms with Crippen LogP contribution in [0.5, 0.6) is 5.75 Å². The number of ether oxygens (including phenoxy) is 1. The van der Waals surface area contributed by atoms with E-state index in [0.29, 0.717) is 37.6 Å². The number of carbonyl (C=O) groups excluding carboxylic acids is 2. The van der Waals surface area contributed by atoms with E-state index in [1.54, 1.807) is 36.1 Å². The van der Waals surface area contributed by atoms with Crippen LogP contribution in [0.2, 0.25) is 0 Å². The van der Waals surface area contributed by atoms with Crippen molar-refractivity contribution < 1.29 is 22.7 Å². The second kappa shape index (κ2) is 13.1. The summed E-state index contributed by atoms with van der Waals surface area (Å²) in [5.74, 6) is 0.233. The summed E-state index contributed by atoms with van der Waals surface area (Å²) < 4.78 is 31.6. The Hall–Kier alpha value is -3.07. The van der Waals surface area contributed by atoms with E-state index >= 15 is 0 Å². The molecule has 2 aromatic carbocycles. The first-order valence-corrected chi connectivity index (χ1v) is 13.7. The zero-order valence-corrected chi connectivity index (χ0v) is 22.1. The lowest BCUT2D eigenvalue weighted by atomic mass is 10.1. The van der Waals surface area contributed by atoms with E-state index in [1.165, 1.54) is 4.31 Å². The monoisotopic (exact) mass is 503 g/mol. The Labute approximate surface area is 209 Å². The third-order valence-electron chi connectivity index (χ3n) is 5.54. The van der Waals surface area contributed by atoms with Gasteiger partial charge < -0.3 is 15.0 Å². The molecule has 2 aromatic rings. The first-order valence-electron chi connectivity index (χ1n) is 11.9. The van der Waals surface area contributed by atoms with Gasteiger partial charge in [-0.25, -0.2) is 8.42 Å². The molecule has 0 aliphatic heterocycles. The molecule has 35 heavy (non-hydrogen) atoms. The van der Waals surface area contributed by atoms with Gasteiger partial charge in [-0.15, -0.1) is 0 Å². The van der Waals surface area contributed by atoms with Gasteiger partial charge >= 0.3 is 0 Å². The SMILES string of the molecule is CCNC(=O)[C@@H](C)N(Cc1cccc(C)c1)C(=O)CCCN(c1ccc(OCC)cc1)S(C)(=O)=O. The molecule has 9 heteroatoms. The van der Waals surface area contributed by atoms with Crippen LogP contribution in [0.4, 0.5) is 5.69 Å². The van der Waals surface area contributed by atoms with E-state index in [9.17, 15) is 18.0 Å². The molecule has 0 spiro atoms. The normalized spacial score (nSPS) is 12.0. The predicted molar refractivity (Wildman–Crippen MR) is 139 cm³/mol. The van der Waals surface area contributed by atoms with Crippen molar-refractivity contribution in [3.8, 4) is 5.75 Å². The smallest absolute Gasteiger partial charge is 0.242 e. The molecule has 0 aromatic heterocycles. The molecule has 0 unspecified atom stereocenters. The zero-order valence-electron chi connectivity index (χ0n) is 21.3. The molecule has 0 saturated carbocycles. The van der Waals surface area contributed by atoms with Gasteiger partial charge in [-0.2, -0.15) is 0 Å². The van der Waals surface area contributed by atoms with Crippen LogP contribution >= 0.6 is 0 Å². The Morgan fingerprint density at radius 2 is 1.77 bits per heavy atom. The maximum Gasteiger partial charge on any atom is 0.242 e. The van der Waals surface area contributed by atoms with Crippen molar-refractivity contribution in [2.45, 2.75) is 53.1 Å². The fourth-order valence-corrected chi connectivity index (χ4v) is 4.76. The highest BCUT2D eigenvalue weighted by Crippen LogP contribution is 2.22. The lowest BCUT2D eigenvalue weighted by Crippen LogP contribution is -2.47. The van der Waals surface area contributed by atoms with Gasteiger partial charge in [0.25, 0.3) is 0 Å². The maximum atomic E-state index is 13.2. The summed E-state index contributed by atoms with van der Waals surface area (Å²) in [7, 11) is -3.55. The van der Waals surface area contributed by atoms with Crippen molar-refractivity contribution in [2.75, 3.05) is 30.3 Å². The van der Waals surface area contributed by atoms with Crippen LogP contribution in [0, 0.1) is 6.92 Å². The number of nitrogens with zero attached hydrogens (tertiary/aromatic N) is 2. The Kier molecular flexibility index (Phi) is 10.6. The molecule has 0 aliphatic carbocycles. The number of hydrogen-bond donors (Lipinski definition) is 1. The number of anilines is 1. The Morgan fingerprint density at radius 1 is 1.09 bits per heavy atom. The highest BCUT2D eigenvalue weighted by atomic mass is 32.2. The van der Waals surface area contributed by atoms with Crippen molar-refractivity contribution in [2.24, 2.45) is 0 Å². The average Bonchev–Trinajstić information content (AvgIpc) is 2.80. The van der Waals surface area contributed by atoms with Crippen molar-refractivity contribution in [1.29, 1.82) is 0 Å². The quantitative estimate of drug-likeness (QED) is 0.451. The molecule has 192 valence electrons. The minimum atomic E-state index is -3.55. The average molecular weight is 504 g/mol. The lowest BCUT2D eigenvalue weighted by molar-refractivity contribution is -0.140. The highest BCUT2D eigenvalue weighted by molar-refractivity contribution is 7.92. The van der Waals surface area contributed by atoms with Crippen LogP contribution in [0.15, 0.2) is 48.5 Å². The Morgan fingerprint density at radius 3 is 2.34 bits per heavy atom. The summed E-state index contributed by atoms with van der Waals surface area (Å²) in [6.45, 7) is 8.83. The van der Waals surface area contributed by atoms with Crippen molar-refractivity contribution in [1.82, 2.24) is 10.2 Å². The molecule has 0 bridgehead atoms. The first kappa shape index (κ1) is 28.2. The topological polar surface area (TPSA) is 96.0 Å². The number of amides is 2. The number of benzene rings is 2. The molecule has 0 heterocycles. The molecule has 0 saturated heterocycles. The van der Waals surface area contributed by atoms with Crippen LogP contribution in [0.25, 0.3) is 0 Å². The van der Waals surface area contributed by atoms with Crippen LogP contribution < -0.4 is 14.4 Å². The predicted octanol–water partition coefficient (Wildman–Crippen LogP) is 3.49. The van der Waals surface area contributed by atoms with Crippen LogP contribution in [0.3, 0.4) is 0 Å². The fraction of sp³-hybridized carbons (Fsp3) is 0.462. The van der Waals surface area contributed by atoms with E-state index in [0.717, 1.165) is 17.4 Å².